The lowest BCUT2D eigenvalue weighted by Gasteiger charge is -2.12. The summed E-state index contributed by atoms with van der Waals surface area (Å²) in [7, 11) is 1.56. The van der Waals surface area contributed by atoms with E-state index >= 15 is 0 Å². The minimum Gasteiger partial charge on any atom is -0.496 e. The zero-order chi connectivity index (χ0) is 14.5. The van der Waals surface area contributed by atoms with Gasteiger partial charge in [0.2, 0.25) is 0 Å². The number of methoxy groups -OCH3 is 1. The van der Waals surface area contributed by atoms with E-state index in [0.717, 1.165) is 22.1 Å². The SMILES string of the molecule is CCc1ccccc1NC(=O)c1cc(Br)ccc1OC. The van der Waals surface area contributed by atoms with Crippen LogP contribution < -0.4 is 10.1 Å². The number of para-hydroxylation sites is 1. The molecule has 0 saturated carbocycles. The van der Waals surface area contributed by atoms with Crippen molar-refractivity contribution in [1.82, 2.24) is 0 Å². The van der Waals surface area contributed by atoms with Gasteiger partial charge in [0.15, 0.2) is 0 Å². The summed E-state index contributed by atoms with van der Waals surface area (Å²) in [6.45, 7) is 2.06. The molecule has 0 unspecified atom stereocenters. The van der Waals surface area contributed by atoms with Crippen molar-refractivity contribution in [3.63, 3.8) is 0 Å². The van der Waals surface area contributed by atoms with E-state index in [4.69, 9.17) is 4.74 Å². The molecule has 1 N–H and O–H groups in total. The van der Waals surface area contributed by atoms with Crippen LogP contribution >= 0.6 is 15.9 Å². The Bertz CT molecular complexity index is 626. The number of hydrogen-bond donors (Lipinski definition) is 1. The Labute approximate surface area is 127 Å². The molecule has 0 aliphatic heterocycles. The molecule has 4 heteroatoms. The fourth-order valence-electron chi connectivity index (χ4n) is 2.00. The predicted octanol–water partition coefficient (Wildman–Crippen LogP) is 4.27. The zero-order valence-corrected chi connectivity index (χ0v) is 13.0. The van der Waals surface area contributed by atoms with E-state index in [0.29, 0.717) is 11.3 Å². The van der Waals surface area contributed by atoms with Crippen molar-refractivity contribution < 1.29 is 9.53 Å². The number of carbonyl (C=O) groups excluding carboxylic acids is 1. The van der Waals surface area contributed by atoms with E-state index in [1.165, 1.54) is 0 Å². The largest absolute Gasteiger partial charge is 0.496 e. The maximum absolute atomic E-state index is 12.4. The lowest BCUT2D eigenvalue weighted by molar-refractivity contribution is 0.102. The average Bonchev–Trinajstić information content (AvgIpc) is 2.47. The fraction of sp³-hybridized carbons (Fsp3) is 0.188. The first kappa shape index (κ1) is 14.6. The molecule has 2 aromatic rings. The van der Waals surface area contributed by atoms with Crippen LogP contribution in [-0.4, -0.2) is 13.0 Å². The molecule has 0 atom stereocenters. The maximum Gasteiger partial charge on any atom is 0.259 e. The molecule has 0 aromatic heterocycles. The second-order valence-corrected chi connectivity index (χ2v) is 5.23. The molecule has 1 amide bonds. The van der Waals surface area contributed by atoms with E-state index in [1.54, 1.807) is 19.2 Å². The van der Waals surface area contributed by atoms with Crippen LogP contribution in [0.5, 0.6) is 5.75 Å². The Morgan fingerprint density at radius 1 is 1.25 bits per heavy atom. The van der Waals surface area contributed by atoms with Gasteiger partial charge in [-0.3, -0.25) is 4.79 Å². The number of ether oxygens (including phenoxy) is 1. The molecular weight excluding hydrogens is 318 g/mol. The van der Waals surface area contributed by atoms with Crippen LogP contribution in [0, 0.1) is 0 Å². The number of amides is 1. The van der Waals surface area contributed by atoms with Crippen LogP contribution in [0.15, 0.2) is 46.9 Å². The van der Waals surface area contributed by atoms with Gasteiger partial charge in [-0.1, -0.05) is 41.1 Å². The highest BCUT2D eigenvalue weighted by Gasteiger charge is 2.14. The summed E-state index contributed by atoms with van der Waals surface area (Å²) in [5.41, 5.74) is 2.45. The van der Waals surface area contributed by atoms with Gasteiger partial charge in [0.05, 0.1) is 12.7 Å². The number of benzene rings is 2. The van der Waals surface area contributed by atoms with Gasteiger partial charge >= 0.3 is 0 Å². The minimum atomic E-state index is -0.177. The van der Waals surface area contributed by atoms with Crippen LogP contribution in [0.25, 0.3) is 0 Å². The molecule has 0 spiro atoms. The Balaban J connectivity index is 2.30. The number of carbonyl (C=O) groups is 1. The molecule has 0 radical (unpaired) electrons. The van der Waals surface area contributed by atoms with Crippen molar-refractivity contribution in [2.45, 2.75) is 13.3 Å². The summed E-state index contributed by atoms with van der Waals surface area (Å²) in [5.74, 6) is 0.378. The lowest BCUT2D eigenvalue weighted by Crippen LogP contribution is -2.14. The summed E-state index contributed by atoms with van der Waals surface area (Å²) < 4.78 is 6.07. The van der Waals surface area contributed by atoms with Crippen molar-refractivity contribution in [3.05, 3.63) is 58.1 Å². The van der Waals surface area contributed by atoms with Crippen molar-refractivity contribution in [3.8, 4) is 5.75 Å². The van der Waals surface area contributed by atoms with Crippen molar-refractivity contribution >= 4 is 27.5 Å². The Hall–Kier alpha value is -1.81. The van der Waals surface area contributed by atoms with Gasteiger partial charge in [-0.15, -0.1) is 0 Å². The van der Waals surface area contributed by atoms with Gasteiger partial charge in [0.25, 0.3) is 5.91 Å². The summed E-state index contributed by atoms with van der Waals surface area (Å²) >= 11 is 3.37. The second kappa shape index (κ2) is 6.57. The molecule has 2 rings (SSSR count). The Morgan fingerprint density at radius 2 is 2.00 bits per heavy atom. The predicted molar refractivity (Wildman–Crippen MR) is 84.5 cm³/mol. The number of anilines is 1. The van der Waals surface area contributed by atoms with Crippen molar-refractivity contribution in [2.24, 2.45) is 0 Å². The van der Waals surface area contributed by atoms with Gasteiger partial charge in [0.1, 0.15) is 5.75 Å². The normalized spacial score (nSPS) is 10.2. The van der Waals surface area contributed by atoms with Crippen LogP contribution in [0.2, 0.25) is 0 Å². The van der Waals surface area contributed by atoms with Gasteiger partial charge in [-0.2, -0.15) is 0 Å². The zero-order valence-electron chi connectivity index (χ0n) is 11.4. The molecule has 0 saturated heterocycles. The van der Waals surface area contributed by atoms with E-state index < -0.39 is 0 Å². The number of rotatable bonds is 4. The quantitative estimate of drug-likeness (QED) is 0.907. The van der Waals surface area contributed by atoms with E-state index in [9.17, 15) is 4.79 Å². The van der Waals surface area contributed by atoms with Gasteiger partial charge in [-0.25, -0.2) is 0 Å². The standard InChI is InChI=1S/C16H16BrNO2/c1-3-11-6-4-5-7-14(11)18-16(19)13-10-12(17)8-9-15(13)20-2/h4-10H,3H2,1-2H3,(H,18,19). The monoisotopic (exact) mass is 333 g/mol. The number of hydrogen-bond acceptors (Lipinski definition) is 2. The van der Waals surface area contributed by atoms with Gasteiger partial charge < -0.3 is 10.1 Å². The topological polar surface area (TPSA) is 38.3 Å². The Kier molecular flexibility index (Phi) is 4.79. The average molecular weight is 334 g/mol. The number of halogens is 1. The van der Waals surface area contributed by atoms with Crippen LogP contribution in [0.4, 0.5) is 5.69 Å². The maximum atomic E-state index is 12.4. The summed E-state index contributed by atoms with van der Waals surface area (Å²) in [4.78, 5) is 12.4. The van der Waals surface area contributed by atoms with E-state index in [-0.39, 0.29) is 5.91 Å². The molecule has 2 aromatic carbocycles. The van der Waals surface area contributed by atoms with Crippen molar-refractivity contribution in [1.29, 1.82) is 0 Å². The summed E-state index contributed by atoms with van der Waals surface area (Å²) in [6.07, 6.45) is 0.867. The lowest BCUT2D eigenvalue weighted by atomic mass is 10.1. The van der Waals surface area contributed by atoms with Crippen LogP contribution in [0.1, 0.15) is 22.8 Å². The van der Waals surface area contributed by atoms with Crippen LogP contribution in [-0.2, 0) is 6.42 Å². The van der Waals surface area contributed by atoms with Gasteiger partial charge in [-0.05, 0) is 36.2 Å². The molecule has 0 aliphatic carbocycles. The van der Waals surface area contributed by atoms with E-state index in [1.807, 2.05) is 30.3 Å². The number of nitrogens with one attached hydrogen (secondary N) is 1. The smallest absolute Gasteiger partial charge is 0.259 e. The molecule has 104 valence electrons. The molecular formula is C16H16BrNO2. The highest BCUT2D eigenvalue weighted by Crippen LogP contribution is 2.25. The first-order chi connectivity index (χ1) is 9.65. The molecule has 0 aliphatic rings. The highest BCUT2D eigenvalue weighted by molar-refractivity contribution is 9.10. The first-order valence-electron chi connectivity index (χ1n) is 6.38. The summed E-state index contributed by atoms with van der Waals surface area (Å²) in [6, 6.07) is 13.2. The first-order valence-corrected chi connectivity index (χ1v) is 7.17. The van der Waals surface area contributed by atoms with Crippen LogP contribution in [0.3, 0.4) is 0 Å². The third-order valence-corrected chi connectivity index (χ3v) is 3.55. The third-order valence-electron chi connectivity index (χ3n) is 3.05. The Morgan fingerprint density at radius 3 is 2.70 bits per heavy atom. The fourth-order valence-corrected chi connectivity index (χ4v) is 2.36. The molecule has 0 heterocycles. The molecule has 3 nitrogen and oxygen atoms in total. The van der Waals surface area contributed by atoms with E-state index in [2.05, 4.69) is 28.2 Å². The number of aryl methyl sites for hydroxylation is 1. The highest BCUT2D eigenvalue weighted by atomic mass is 79.9. The summed E-state index contributed by atoms with van der Waals surface area (Å²) in [5, 5.41) is 2.94. The third kappa shape index (κ3) is 3.20. The minimum absolute atomic E-state index is 0.177. The molecule has 0 fully saturated rings. The molecule has 20 heavy (non-hydrogen) atoms. The second-order valence-electron chi connectivity index (χ2n) is 4.31. The van der Waals surface area contributed by atoms with Gasteiger partial charge in [0, 0.05) is 10.2 Å². The van der Waals surface area contributed by atoms with Crippen molar-refractivity contribution in [2.75, 3.05) is 12.4 Å². The molecule has 0 bridgehead atoms.